The van der Waals surface area contributed by atoms with E-state index in [-0.39, 0.29) is 0 Å². The molecule has 0 aliphatic carbocycles. The van der Waals surface area contributed by atoms with Gasteiger partial charge in [-0.05, 0) is 55.5 Å². The van der Waals surface area contributed by atoms with Gasteiger partial charge in [-0.2, -0.15) is 10.2 Å². The van der Waals surface area contributed by atoms with Crippen LogP contribution in [0, 0.1) is 6.92 Å². The quantitative estimate of drug-likeness (QED) is 0.445. The number of nitrogens with zero attached hydrogens (tertiary/aromatic N) is 3. The Balaban J connectivity index is 1.67. The average Bonchev–Trinajstić information content (AvgIpc) is 2.98. The molecular weight excluding hydrogens is 274 g/mol. The lowest BCUT2D eigenvalue weighted by Crippen LogP contribution is -1.73. The third kappa shape index (κ3) is 3.76. The second kappa shape index (κ2) is 6.63. The first kappa shape index (κ1) is 13.9. The highest BCUT2D eigenvalue weighted by Crippen LogP contribution is 2.21. The van der Waals surface area contributed by atoms with Gasteiger partial charge >= 0.3 is 0 Å². The van der Waals surface area contributed by atoms with E-state index in [2.05, 4.69) is 15.2 Å². The average molecular weight is 289 g/mol. The molecule has 0 bridgehead atoms. The Morgan fingerprint density at radius 1 is 0.727 bits per heavy atom. The van der Waals surface area contributed by atoms with Gasteiger partial charge in [-0.15, -0.1) is 0 Å². The van der Waals surface area contributed by atoms with Gasteiger partial charge in [-0.1, -0.05) is 18.2 Å². The molecule has 22 heavy (non-hydrogen) atoms. The zero-order chi connectivity index (χ0) is 15.2. The van der Waals surface area contributed by atoms with Crippen LogP contribution in [0.3, 0.4) is 0 Å². The van der Waals surface area contributed by atoms with Crippen LogP contribution < -0.4 is 0 Å². The summed E-state index contributed by atoms with van der Waals surface area (Å²) in [7, 11) is 0. The molecule has 0 fully saturated rings. The number of hydrogen-bond acceptors (Lipinski definition) is 4. The number of azo groups is 1. The van der Waals surface area contributed by atoms with Gasteiger partial charge < -0.3 is 4.42 Å². The number of aliphatic imine (C=N–C) groups is 1. The molecule has 108 valence electrons. The van der Waals surface area contributed by atoms with Gasteiger partial charge in [0, 0.05) is 0 Å². The lowest BCUT2D eigenvalue weighted by Gasteiger charge is -1.95. The highest BCUT2D eigenvalue weighted by atomic mass is 16.3. The minimum absolute atomic E-state index is 0.741. The van der Waals surface area contributed by atoms with Gasteiger partial charge in [-0.3, -0.25) is 4.99 Å². The summed E-state index contributed by atoms with van der Waals surface area (Å²) >= 11 is 0. The largest absolute Gasteiger partial charge is 0.460 e. The Morgan fingerprint density at radius 2 is 1.36 bits per heavy atom. The van der Waals surface area contributed by atoms with Gasteiger partial charge in [0.1, 0.15) is 11.5 Å². The van der Waals surface area contributed by atoms with E-state index >= 15 is 0 Å². The monoisotopic (exact) mass is 289 g/mol. The number of rotatable bonds is 4. The fourth-order valence-electron chi connectivity index (χ4n) is 1.88. The van der Waals surface area contributed by atoms with E-state index in [0.717, 1.165) is 28.6 Å². The third-order valence-corrected chi connectivity index (χ3v) is 2.99. The maximum atomic E-state index is 5.43. The molecule has 0 saturated carbocycles. The minimum Gasteiger partial charge on any atom is -0.460 e. The second-order valence-corrected chi connectivity index (χ2v) is 4.76. The maximum Gasteiger partial charge on any atom is 0.145 e. The molecule has 1 heterocycles. The minimum atomic E-state index is 0.741. The summed E-state index contributed by atoms with van der Waals surface area (Å²) in [5.41, 5.74) is 2.46. The lowest BCUT2D eigenvalue weighted by atomic mass is 10.3. The summed E-state index contributed by atoms with van der Waals surface area (Å²) in [5, 5.41) is 8.37. The first-order valence-electron chi connectivity index (χ1n) is 6.97. The fraction of sp³-hybridized carbons (Fsp3) is 0.0556. The molecule has 0 spiro atoms. The van der Waals surface area contributed by atoms with E-state index < -0.39 is 0 Å². The molecule has 0 amide bonds. The van der Waals surface area contributed by atoms with Crippen LogP contribution >= 0.6 is 0 Å². The zero-order valence-electron chi connectivity index (χ0n) is 12.2. The SMILES string of the molecule is Cc1ccc(C=Nc2ccc(N=Nc3ccccc3)cc2)o1. The van der Waals surface area contributed by atoms with E-state index in [1.165, 1.54) is 0 Å². The van der Waals surface area contributed by atoms with Crippen molar-refractivity contribution in [2.75, 3.05) is 0 Å². The summed E-state index contributed by atoms with van der Waals surface area (Å²) in [5.74, 6) is 1.61. The summed E-state index contributed by atoms with van der Waals surface area (Å²) in [4.78, 5) is 4.36. The van der Waals surface area contributed by atoms with Crippen LogP contribution in [-0.4, -0.2) is 6.21 Å². The summed E-state index contributed by atoms with van der Waals surface area (Å²) in [6.07, 6.45) is 1.70. The van der Waals surface area contributed by atoms with Crippen LogP contribution in [-0.2, 0) is 0 Å². The van der Waals surface area contributed by atoms with Crippen molar-refractivity contribution in [1.29, 1.82) is 0 Å². The molecule has 4 heteroatoms. The van der Waals surface area contributed by atoms with Crippen molar-refractivity contribution in [3.05, 3.63) is 78.3 Å². The smallest absolute Gasteiger partial charge is 0.145 e. The Morgan fingerprint density at radius 3 is 2.00 bits per heavy atom. The van der Waals surface area contributed by atoms with E-state index in [1.54, 1.807) is 6.21 Å². The Bertz CT molecular complexity index is 787. The topological polar surface area (TPSA) is 50.2 Å². The van der Waals surface area contributed by atoms with Crippen LogP contribution in [0.1, 0.15) is 11.5 Å². The molecule has 0 unspecified atom stereocenters. The van der Waals surface area contributed by atoms with Crippen LogP contribution in [0.15, 0.2) is 86.4 Å². The molecular formula is C18H15N3O. The standard InChI is InChI=1S/C18H15N3O/c1-14-7-12-18(22-14)13-19-15-8-10-17(11-9-15)21-20-16-5-3-2-4-6-16/h2-13H,1H3. The number of furan rings is 1. The molecule has 0 aliphatic rings. The van der Waals surface area contributed by atoms with Crippen molar-refractivity contribution >= 4 is 23.3 Å². The molecule has 4 nitrogen and oxygen atoms in total. The Hall–Kier alpha value is -3.01. The van der Waals surface area contributed by atoms with Crippen molar-refractivity contribution in [2.45, 2.75) is 6.92 Å². The Kier molecular flexibility index (Phi) is 4.20. The maximum absolute atomic E-state index is 5.43. The van der Waals surface area contributed by atoms with Crippen LogP contribution in [0.5, 0.6) is 0 Å². The van der Waals surface area contributed by atoms with Gasteiger partial charge in [0.15, 0.2) is 0 Å². The molecule has 3 rings (SSSR count). The first-order valence-corrected chi connectivity index (χ1v) is 6.97. The van der Waals surface area contributed by atoms with Gasteiger partial charge in [0.05, 0.1) is 23.3 Å². The van der Waals surface area contributed by atoms with Crippen molar-refractivity contribution in [3.63, 3.8) is 0 Å². The molecule has 0 saturated heterocycles. The third-order valence-electron chi connectivity index (χ3n) is 2.99. The predicted molar refractivity (Wildman–Crippen MR) is 87.8 cm³/mol. The van der Waals surface area contributed by atoms with E-state index in [0.29, 0.717) is 0 Å². The highest BCUT2D eigenvalue weighted by Gasteiger charge is 1.95. The summed E-state index contributed by atoms with van der Waals surface area (Å²) in [6, 6.07) is 21.0. The summed E-state index contributed by atoms with van der Waals surface area (Å²) < 4.78 is 5.43. The van der Waals surface area contributed by atoms with Crippen LogP contribution in [0.25, 0.3) is 0 Å². The van der Waals surface area contributed by atoms with Crippen molar-refractivity contribution in [3.8, 4) is 0 Å². The Labute approximate surface area is 128 Å². The van der Waals surface area contributed by atoms with Gasteiger partial charge in [0.25, 0.3) is 0 Å². The second-order valence-electron chi connectivity index (χ2n) is 4.76. The zero-order valence-corrected chi connectivity index (χ0v) is 12.2. The number of hydrogen-bond donors (Lipinski definition) is 0. The predicted octanol–water partition coefficient (Wildman–Crippen LogP) is 5.75. The lowest BCUT2D eigenvalue weighted by molar-refractivity contribution is 0.528. The van der Waals surface area contributed by atoms with Crippen molar-refractivity contribution < 1.29 is 4.42 Å². The van der Waals surface area contributed by atoms with Crippen molar-refractivity contribution in [1.82, 2.24) is 0 Å². The molecule has 3 aromatic rings. The molecule has 0 N–H and O–H groups in total. The normalized spacial score (nSPS) is 11.5. The van der Waals surface area contributed by atoms with Gasteiger partial charge in [0.2, 0.25) is 0 Å². The number of benzene rings is 2. The molecule has 0 aliphatic heterocycles. The summed E-state index contributed by atoms with van der Waals surface area (Å²) in [6.45, 7) is 1.91. The van der Waals surface area contributed by atoms with Crippen LogP contribution in [0.4, 0.5) is 17.1 Å². The highest BCUT2D eigenvalue weighted by molar-refractivity contribution is 5.78. The molecule has 1 aromatic heterocycles. The fourth-order valence-corrected chi connectivity index (χ4v) is 1.88. The number of aryl methyl sites for hydroxylation is 1. The van der Waals surface area contributed by atoms with Gasteiger partial charge in [-0.25, -0.2) is 0 Å². The van der Waals surface area contributed by atoms with E-state index in [4.69, 9.17) is 4.42 Å². The van der Waals surface area contributed by atoms with E-state index in [1.807, 2.05) is 73.7 Å². The molecule has 0 radical (unpaired) electrons. The molecule has 2 aromatic carbocycles. The first-order chi connectivity index (χ1) is 10.8. The van der Waals surface area contributed by atoms with E-state index in [9.17, 15) is 0 Å². The van der Waals surface area contributed by atoms with Crippen LogP contribution in [0.2, 0.25) is 0 Å². The molecule has 0 atom stereocenters. The van der Waals surface area contributed by atoms with Crippen molar-refractivity contribution in [2.24, 2.45) is 15.2 Å².